The zero-order valence-corrected chi connectivity index (χ0v) is 15.9. The lowest BCUT2D eigenvalue weighted by Gasteiger charge is -2.10. The number of rotatable bonds is 5. The summed E-state index contributed by atoms with van der Waals surface area (Å²) in [5.74, 6) is 1.13. The molecule has 0 spiro atoms. The van der Waals surface area contributed by atoms with E-state index in [-0.39, 0.29) is 12.3 Å². The normalized spacial score (nSPS) is 10.9. The molecule has 28 heavy (non-hydrogen) atoms. The van der Waals surface area contributed by atoms with Gasteiger partial charge in [0.05, 0.1) is 6.42 Å². The van der Waals surface area contributed by atoms with Crippen LogP contribution in [0.4, 0.5) is 0 Å². The monoisotopic (exact) mass is 371 g/mol. The summed E-state index contributed by atoms with van der Waals surface area (Å²) < 4.78 is 1.72. The van der Waals surface area contributed by atoms with Crippen LogP contribution in [0, 0.1) is 13.8 Å². The predicted molar refractivity (Wildman–Crippen MR) is 108 cm³/mol. The highest BCUT2D eigenvalue weighted by molar-refractivity contribution is 5.79. The molecule has 0 aliphatic carbocycles. The molecule has 0 aliphatic rings. The van der Waals surface area contributed by atoms with Gasteiger partial charge in [-0.15, -0.1) is 5.10 Å². The second kappa shape index (κ2) is 7.60. The van der Waals surface area contributed by atoms with Gasteiger partial charge < -0.3 is 5.32 Å². The third kappa shape index (κ3) is 3.62. The summed E-state index contributed by atoms with van der Waals surface area (Å²) in [4.78, 5) is 21.6. The lowest BCUT2D eigenvalue weighted by Crippen LogP contribution is -2.25. The lowest BCUT2D eigenvalue weighted by molar-refractivity contribution is -0.120. The standard InChI is InChI=1S/C22H21N5O/c1-15-19(13-20(28)23-14-17-9-5-3-6-10-17)16(2)27-22(24-15)25-21(26-27)18-11-7-4-8-12-18/h3-12H,13-14H2,1-2H3,(H,23,28). The second-order valence-corrected chi connectivity index (χ2v) is 6.71. The summed E-state index contributed by atoms with van der Waals surface area (Å²) in [6, 6.07) is 19.7. The van der Waals surface area contributed by atoms with Gasteiger partial charge >= 0.3 is 0 Å². The minimum absolute atomic E-state index is 0.0420. The molecule has 4 rings (SSSR count). The van der Waals surface area contributed by atoms with Gasteiger partial charge in [0.25, 0.3) is 5.78 Å². The van der Waals surface area contributed by atoms with Crippen molar-refractivity contribution < 1.29 is 4.79 Å². The molecule has 0 atom stereocenters. The average molecular weight is 371 g/mol. The van der Waals surface area contributed by atoms with Crippen molar-refractivity contribution in [2.24, 2.45) is 0 Å². The number of aromatic nitrogens is 4. The van der Waals surface area contributed by atoms with Crippen LogP contribution in [0.1, 0.15) is 22.5 Å². The molecule has 2 aromatic heterocycles. The molecule has 2 heterocycles. The van der Waals surface area contributed by atoms with E-state index in [1.807, 2.05) is 74.5 Å². The highest BCUT2D eigenvalue weighted by atomic mass is 16.1. The highest BCUT2D eigenvalue weighted by Crippen LogP contribution is 2.19. The smallest absolute Gasteiger partial charge is 0.253 e. The second-order valence-electron chi connectivity index (χ2n) is 6.71. The van der Waals surface area contributed by atoms with E-state index in [1.165, 1.54) is 0 Å². The molecule has 0 saturated heterocycles. The van der Waals surface area contributed by atoms with E-state index in [9.17, 15) is 4.79 Å². The molecule has 1 N–H and O–H groups in total. The summed E-state index contributed by atoms with van der Waals surface area (Å²) >= 11 is 0. The minimum atomic E-state index is -0.0420. The van der Waals surface area contributed by atoms with E-state index < -0.39 is 0 Å². The van der Waals surface area contributed by atoms with E-state index in [0.29, 0.717) is 18.1 Å². The summed E-state index contributed by atoms with van der Waals surface area (Å²) in [5, 5.41) is 7.57. The largest absolute Gasteiger partial charge is 0.352 e. The first kappa shape index (κ1) is 17.9. The molecule has 1 amide bonds. The first-order valence-electron chi connectivity index (χ1n) is 9.20. The summed E-state index contributed by atoms with van der Waals surface area (Å²) in [6.45, 7) is 4.36. The topological polar surface area (TPSA) is 72.2 Å². The Morgan fingerprint density at radius 2 is 1.64 bits per heavy atom. The van der Waals surface area contributed by atoms with Crippen molar-refractivity contribution in [2.45, 2.75) is 26.8 Å². The number of carbonyl (C=O) groups excluding carboxylic acids is 1. The first-order chi connectivity index (χ1) is 13.6. The van der Waals surface area contributed by atoms with Crippen LogP contribution in [0.25, 0.3) is 17.2 Å². The minimum Gasteiger partial charge on any atom is -0.352 e. The maximum atomic E-state index is 12.5. The van der Waals surface area contributed by atoms with Crippen LogP contribution in [0.3, 0.4) is 0 Å². The number of aryl methyl sites for hydroxylation is 2. The zero-order chi connectivity index (χ0) is 19.5. The van der Waals surface area contributed by atoms with Crippen molar-refractivity contribution >= 4 is 11.7 Å². The Bertz CT molecular complexity index is 1120. The van der Waals surface area contributed by atoms with Gasteiger partial charge in [-0.3, -0.25) is 4.79 Å². The quantitative estimate of drug-likeness (QED) is 0.584. The number of benzene rings is 2. The molecule has 0 bridgehead atoms. The number of nitrogens with one attached hydrogen (secondary N) is 1. The van der Waals surface area contributed by atoms with Gasteiger partial charge in [-0.2, -0.15) is 4.98 Å². The van der Waals surface area contributed by atoms with E-state index in [2.05, 4.69) is 20.4 Å². The van der Waals surface area contributed by atoms with E-state index in [4.69, 9.17) is 0 Å². The van der Waals surface area contributed by atoms with Crippen molar-refractivity contribution in [3.05, 3.63) is 83.2 Å². The fraction of sp³-hybridized carbons (Fsp3) is 0.182. The Morgan fingerprint density at radius 1 is 0.964 bits per heavy atom. The molecular weight excluding hydrogens is 350 g/mol. The summed E-state index contributed by atoms with van der Waals surface area (Å²) in [5.41, 5.74) is 4.57. The Balaban J connectivity index is 1.58. The van der Waals surface area contributed by atoms with Crippen molar-refractivity contribution in [3.63, 3.8) is 0 Å². The third-order valence-electron chi connectivity index (χ3n) is 4.75. The summed E-state index contributed by atoms with van der Waals surface area (Å²) in [7, 11) is 0. The number of hydrogen-bond donors (Lipinski definition) is 1. The predicted octanol–water partition coefficient (Wildman–Crippen LogP) is 3.27. The van der Waals surface area contributed by atoms with E-state index in [1.54, 1.807) is 4.52 Å². The maximum absolute atomic E-state index is 12.5. The van der Waals surface area contributed by atoms with Gasteiger partial charge in [0.1, 0.15) is 0 Å². The molecular formula is C22H21N5O. The maximum Gasteiger partial charge on any atom is 0.253 e. The lowest BCUT2D eigenvalue weighted by atomic mass is 10.1. The molecule has 0 aliphatic heterocycles. The average Bonchev–Trinajstić information content (AvgIpc) is 3.15. The van der Waals surface area contributed by atoms with Crippen LogP contribution < -0.4 is 5.32 Å². The van der Waals surface area contributed by atoms with Crippen molar-refractivity contribution in [1.29, 1.82) is 0 Å². The van der Waals surface area contributed by atoms with Crippen LogP contribution in [0.5, 0.6) is 0 Å². The highest BCUT2D eigenvalue weighted by Gasteiger charge is 2.16. The van der Waals surface area contributed by atoms with Crippen molar-refractivity contribution in [1.82, 2.24) is 24.9 Å². The van der Waals surface area contributed by atoms with Gasteiger partial charge in [-0.25, -0.2) is 9.50 Å². The molecule has 6 nitrogen and oxygen atoms in total. The molecule has 140 valence electrons. The van der Waals surface area contributed by atoms with Crippen LogP contribution in [-0.4, -0.2) is 25.5 Å². The number of fused-ring (bicyclic) bond motifs is 1. The third-order valence-corrected chi connectivity index (χ3v) is 4.75. The van der Waals surface area contributed by atoms with Gasteiger partial charge in [0, 0.05) is 29.1 Å². The Labute approximate surface area is 163 Å². The van der Waals surface area contributed by atoms with Crippen molar-refractivity contribution in [2.75, 3.05) is 0 Å². The number of nitrogens with zero attached hydrogens (tertiary/aromatic N) is 4. The Hall–Kier alpha value is -3.54. The van der Waals surface area contributed by atoms with Crippen LogP contribution in [0.15, 0.2) is 60.7 Å². The molecule has 4 aromatic rings. The zero-order valence-electron chi connectivity index (χ0n) is 15.9. The van der Waals surface area contributed by atoms with Crippen LogP contribution >= 0.6 is 0 Å². The van der Waals surface area contributed by atoms with E-state index in [0.717, 1.165) is 28.1 Å². The first-order valence-corrected chi connectivity index (χ1v) is 9.20. The van der Waals surface area contributed by atoms with Gasteiger partial charge in [0.2, 0.25) is 5.91 Å². The van der Waals surface area contributed by atoms with Crippen molar-refractivity contribution in [3.8, 4) is 11.4 Å². The van der Waals surface area contributed by atoms with Crippen LogP contribution in [0.2, 0.25) is 0 Å². The van der Waals surface area contributed by atoms with Gasteiger partial charge in [-0.1, -0.05) is 60.7 Å². The fourth-order valence-electron chi connectivity index (χ4n) is 3.19. The van der Waals surface area contributed by atoms with Gasteiger partial charge in [-0.05, 0) is 19.4 Å². The summed E-state index contributed by atoms with van der Waals surface area (Å²) in [6.07, 6.45) is 0.258. The van der Waals surface area contributed by atoms with Crippen LogP contribution in [-0.2, 0) is 17.8 Å². The Morgan fingerprint density at radius 3 is 2.36 bits per heavy atom. The molecule has 0 fully saturated rings. The molecule has 0 radical (unpaired) electrons. The molecule has 2 aromatic carbocycles. The molecule has 0 unspecified atom stereocenters. The molecule has 6 heteroatoms. The Kier molecular flexibility index (Phi) is 4.85. The number of hydrogen-bond acceptors (Lipinski definition) is 4. The number of carbonyl (C=O) groups is 1. The van der Waals surface area contributed by atoms with E-state index >= 15 is 0 Å². The SMILES string of the molecule is Cc1nc2nc(-c3ccccc3)nn2c(C)c1CC(=O)NCc1ccccc1. The number of amides is 1. The fourth-order valence-corrected chi connectivity index (χ4v) is 3.19. The molecule has 0 saturated carbocycles. The van der Waals surface area contributed by atoms with Gasteiger partial charge in [0.15, 0.2) is 5.82 Å².